The summed E-state index contributed by atoms with van der Waals surface area (Å²) in [7, 11) is 4.50. The van der Waals surface area contributed by atoms with Gasteiger partial charge in [-0.3, -0.25) is 4.79 Å². The molecule has 0 spiro atoms. The maximum absolute atomic E-state index is 14.0. The molecule has 0 unspecified atom stereocenters. The van der Waals surface area contributed by atoms with E-state index in [1.54, 1.807) is 17.0 Å². The summed E-state index contributed by atoms with van der Waals surface area (Å²) >= 11 is 1.24. The standard InChI is InChI=1S/C21H21F2N3O4S/c1-28-15-8-12(9-16(29-2)19(15)30-3)20(27)25-4-6-26(7-5-25)21-24-18-14(23)10-13(22)11-17(18)31-21/h8-11H,4-7H2,1-3H3. The summed E-state index contributed by atoms with van der Waals surface area (Å²) in [5.74, 6) is -0.211. The van der Waals surface area contributed by atoms with Gasteiger partial charge in [0.15, 0.2) is 22.4 Å². The van der Waals surface area contributed by atoms with Crippen molar-refractivity contribution in [3.05, 3.63) is 41.5 Å². The molecule has 7 nitrogen and oxygen atoms in total. The number of thiazole rings is 1. The number of anilines is 1. The number of piperazine rings is 1. The number of hydrogen-bond donors (Lipinski definition) is 0. The molecule has 31 heavy (non-hydrogen) atoms. The highest BCUT2D eigenvalue weighted by Crippen LogP contribution is 2.38. The molecule has 4 rings (SSSR count). The zero-order valence-electron chi connectivity index (χ0n) is 17.3. The molecule has 1 amide bonds. The quantitative estimate of drug-likeness (QED) is 0.594. The van der Waals surface area contributed by atoms with Gasteiger partial charge in [-0.15, -0.1) is 0 Å². The predicted molar refractivity (Wildman–Crippen MR) is 114 cm³/mol. The molecule has 3 aromatic rings. The second-order valence-electron chi connectivity index (χ2n) is 6.92. The number of aromatic nitrogens is 1. The lowest BCUT2D eigenvalue weighted by Gasteiger charge is -2.34. The van der Waals surface area contributed by atoms with E-state index >= 15 is 0 Å². The van der Waals surface area contributed by atoms with Gasteiger partial charge in [0.1, 0.15) is 11.3 Å². The van der Waals surface area contributed by atoms with Crippen LogP contribution in [0.5, 0.6) is 17.2 Å². The number of nitrogens with zero attached hydrogens (tertiary/aromatic N) is 3. The third-order valence-electron chi connectivity index (χ3n) is 5.15. The van der Waals surface area contributed by atoms with Gasteiger partial charge < -0.3 is 24.0 Å². The molecular weight excluding hydrogens is 428 g/mol. The van der Waals surface area contributed by atoms with Crippen LogP contribution < -0.4 is 19.1 Å². The third-order valence-corrected chi connectivity index (χ3v) is 6.21. The molecule has 1 fully saturated rings. The predicted octanol–water partition coefficient (Wildman–Crippen LogP) is 3.56. The van der Waals surface area contributed by atoms with Crippen molar-refractivity contribution in [2.75, 3.05) is 52.4 Å². The number of carbonyl (C=O) groups excluding carboxylic acids is 1. The average Bonchev–Trinajstić information content (AvgIpc) is 3.22. The van der Waals surface area contributed by atoms with Gasteiger partial charge in [-0.2, -0.15) is 0 Å². The van der Waals surface area contributed by atoms with E-state index in [0.717, 1.165) is 6.07 Å². The number of hydrogen-bond acceptors (Lipinski definition) is 7. The Morgan fingerprint density at radius 3 is 2.19 bits per heavy atom. The Balaban J connectivity index is 1.50. The van der Waals surface area contributed by atoms with Crippen LogP contribution in [0.4, 0.5) is 13.9 Å². The highest BCUT2D eigenvalue weighted by molar-refractivity contribution is 7.22. The van der Waals surface area contributed by atoms with Gasteiger partial charge in [-0.05, 0) is 18.2 Å². The van der Waals surface area contributed by atoms with Gasteiger partial charge >= 0.3 is 0 Å². The van der Waals surface area contributed by atoms with E-state index in [1.165, 1.54) is 38.7 Å². The van der Waals surface area contributed by atoms with E-state index in [-0.39, 0.29) is 11.4 Å². The Morgan fingerprint density at radius 1 is 0.968 bits per heavy atom. The van der Waals surface area contributed by atoms with Crippen LogP contribution in [0.1, 0.15) is 10.4 Å². The summed E-state index contributed by atoms with van der Waals surface area (Å²) in [6.45, 7) is 1.98. The Hall–Kier alpha value is -3.14. The number of amides is 1. The van der Waals surface area contributed by atoms with Crippen molar-refractivity contribution in [1.82, 2.24) is 9.88 Å². The number of benzene rings is 2. The van der Waals surface area contributed by atoms with Crippen molar-refractivity contribution in [2.24, 2.45) is 0 Å². The topological polar surface area (TPSA) is 64.1 Å². The number of methoxy groups -OCH3 is 3. The molecule has 0 radical (unpaired) electrons. The van der Waals surface area contributed by atoms with Crippen molar-refractivity contribution in [3.63, 3.8) is 0 Å². The van der Waals surface area contributed by atoms with Crippen LogP contribution in [0, 0.1) is 11.6 Å². The van der Waals surface area contributed by atoms with Crippen molar-refractivity contribution >= 4 is 32.6 Å². The zero-order chi connectivity index (χ0) is 22.1. The average molecular weight is 449 g/mol. The lowest BCUT2D eigenvalue weighted by Crippen LogP contribution is -2.48. The summed E-state index contributed by atoms with van der Waals surface area (Å²) in [4.78, 5) is 21.1. The molecule has 0 aliphatic carbocycles. The molecule has 0 N–H and O–H groups in total. The second kappa shape index (κ2) is 8.54. The van der Waals surface area contributed by atoms with Gasteiger partial charge in [0.25, 0.3) is 5.91 Å². The molecule has 0 saturated carbocycles. The molecule has 1 aliphatic heterocycles. The van der Waals surface area contributed by atoms with E-state index in [4.69, 9.17) is 14.2 Å². The lowest BCUT2D eigenvalue weighted by atomic mass is 10.1. The van der Waals surface area contributed by atoms with Crippen LogP contribution in [0.3, 0.4) is 0 Å². The molecule has 1 saturated heterocycles. The molecule has 0 bridgehead atoms. The van der Waals surface area contributed by atoms with Crippen LogP contribution in [0.25, 0.3) is 10.2 Å². The number of fused-ring (bicyclic) bond motifs is 1. The number of carbonyl (C=O) groups is 1. The fourth-order valence-corrected chi connectivity index (χ4v) is 4.63. The van der Waals surface area contributed by atoms with E-state index in [0.29, 0.717) is 58.8 Å². The maximum atomic E-state index is 14.0. The van der Waals surface area contributed by atoms with Gasteiger partial charge in [-0.1, -0.05) is 11.3 Å². The van der Waals surface area contributed by atoms with E-state index in [1.807, 2.05) is 4.90 Å². The van der Waals surface area contributed by atoms with Gasteiger partial charge in [0, 0.05) is 37.8 Å². The number of rotatable bonds is 5. The first-order valence-electron chi connectivity index (χ1n) is 9.55. The minimum Gasteiger partial charge on any atom is -0.493 e. The van der Waals surface area contributed by atoms with Crippen molar-refractivity contribution in [3.8, 4) is 17.2 Å². The van der Waals surface area contributed by atoms with Crippen molar-refractivity contribution < 1.29 is 27.8 Å². The van der Waals surface area contributed by atoms with Crippen LogP contribution in [0.2, 0.25) is 0 Å². The first-order chi connectivity index (χ1) is 14.9. The fourth-order valence-electron chi connectivity index (χ4n) is 3.57. The normalized spacial score (nSPS) is 14.1. The van der Waals surface area contributed by atoms with Crippen LogP contribution in [-0.2, 0) is 0 Å². The SMILES string of the molecule is COc1cc(C(=O)N2CCN(c3nc4c(F)cc(F)cc4s3)CC2)cc(OC)c1OC. The molecule has 0 atom stereocenters. The van der Waals surface area contributed by atoms with Gasteiger partial charge in [-0.25, -0.2) is 13.8 Å². The fraction of sp³-hybridized carbons (Fsp3) is 0.333. The van der Waals surface area contributed by atoms with Crippen LogP contribution >= 0.6 is 11.3 Å². The van der Waals surface area contributed by atoms with Crippen LogP contribution in [0.15, 0.2) is 24.3 Å². The molecule has 164 valence electrons. The Bertz CT molecular complexity index is 1100. The minimum atomic E-state index is -0.672. The summed E-state index contributed by atoms with van der Waals surface area (Å²) in [5, 5.41) is 0.611. The monoisotopic (exact) mass is 449 g/mol. The smallest absolute Gasteiger partial charge is 0.254 e. The van der Waals surface area contributed by atoms with Crippen molar-refractivity contribution in [2.45, 2.75) is 0 Å². The van der Waals surface area contributed by atoms with E-state index < -0.39 is 11.6 Å². The van der Waals surface area contributed by atoms with Gasteiger partial charge in [0.05, 0.1) is 26.0 Å². The molecule has 1 aliphatic rings. The summed E-state index contributed by atoms with van der Waals surface area (Å²) < 4.78 is 43.9. The first kappa shape index (κ1) is 21.1. The molecule has 10 heteroatoms. The Morgan fingerprint density at radius 2 is 1.61 bits per heavy atom. The Kier molecular flexibility index (Phi) is 5.81. The van der Waals surface area contributed by atoms with E-state index in [2.05, 4.69) is 4.98 Å². The van der Waals surface area contributed by atoms with Crippen molar-refractivity contribution in [1.29, 1.82) is 0 Å². The highest BCUT2D eigenvalue weighted by atomic mass is 32.1. The second-order valence-corrected chi connectivity index (χ2v) is 7.93. The molecule has 1 aromatic heterocycles. The Labute approximate surface area is 181 Å². The summed E-state index contributed by atoms with van der Waals surface area (Å²) in [6, 6.07) is 5.37. The number of ether oxygens (including phenoxy) is 3. The zero-order valence-corrected chi connectivity index (χ0v) is 18.1. The minimum absolute atomic E-state index is 0.156. The molecular formula is C21H21F2N3O4S. The molecule has 2 heterocycles. The molecule has 2 aromatic carbocycles. The summed E-state index contributed by atoms with van der Waals surface area (Å²) in [6.07, 6.45) is 0. The highest BCUT2D eigenvalue weighted by Gasteiger charge is 2.26. The van der Waals surface area contributed by atoms with Gasteiger partial charge in [0.2, 0.25) is 5.75 Å². The maximum Gasteiger partial charge on any atom is 0.254 e. The largest absolute Gasteiger partial charge is 0.493 e. The lowest BCUT2D eigenvalue weighted by molar-refractivity contribution is 0.0746. The number of halogens is 2. The van der Waals surface area contributed by atoms with E-state index in [9.17, 15) is 13.6 Å². The third kappa shape index (κ3) is 3.95. The summed E-state index contributed by atoms with van der Waals surface area (Å²) in [5.41, 5.74) is 0.595. The van der Waals surface area contributed by atoms with Crippen LogP contribution in [-0.4, -0.2) is 63.3 Å². The first-order valence-corrected chi connectivity index (χ1v) is 10.4.